The fraction of sp³-hybridized carbons (Fsp3) is 0.250. The number of hydrogen-bond donors (Lipinski definition) is 1. The normalized spacial score (nSPS) is 17.1. The lowest BCUT2D eigenvalue weighted by Crippen LogP contribution is -2.28. The summed E-state index contributed by atoms with van der Waals surface area (Å²) in [5.41, 5.74) is 3.95. The quantitative estimate of drug-likeness (QED) is 0.765. The minimum absolute atomic E-state index is 0.0145. The first-order valence-electron chi connectivity index (χ1n) is 8.55. The molecule has 0 spiro atoms. The van der Waals surface area contributed by atoms with Crippen LogP contribution in [0.5, 0.6) is 0 Å². The zero-order valence-corrected chi connectivity index (χ0v) is 15.5. The third-order valence-electron chi connectivity index (χ3n) is 4.68. The van der Waals surface area contributed by atoms with Crippen molar-refractivity contribution in [2.75, 3.05) is 16.8 Å². The van der Waals surface area contributed by atoms with E-state index in [0.717, 1.165) is 27.0 Å². The van der Waals surface area contributed by atoms with Gasteiger partial charge in [-0.15, -0.1) is 0 Å². The molecule has 5 nitrogen and oxygen atoms in total. The number of rotatable bonds is 3. The summed E-state index contributed by atoms with van der Waals surface area (Å²) < 4.78 is 1.05. The van der Waals surface area contributed by atoms with Crippen LogP contribution in [0.2, 0.25) is 0 Å². The molecular weight excluding hydrogens is 346 g/mol. The van der Waals surface area contributed by atoms with Gasteiger partial charge in [-0.05, 0) is 43.2 Å². The van der Waals surface area contributed by atoms with Crippen molar-refractivity contribution in [1.82, 2.24) is 4.98 Å². The second kappa shape index (κ2) is 6.53. The molecule has 1 aliphatic heterocycles. The fourth-order valence-electron chi connectivity index (χ4n) is 3.28. The van der Waals surface area contributed by atoms with Gasteiger partial charge in [-0.3, -0.25) is 9.59 Å². The number of carbonyl (C=O) groups is 2. The van der Waals surface area contributed by atoms with E-state index in [0.29, 0.717) is 11.7 Å². The molecule has 1 aliphatic rings. The number of benzene rings is 2. The molecule has 26 heavy (non-hydrogen) atoms. The molecule has 0 unspecified atom stereocenters. The average molecular weight is 365 g/mol. The van der Waals surface area contributed by atoms with E-state index in [1.54, 1.807) is 4.90 Å². The first-order valence-corrected chi connectivity index (χ1v) is 9.37. The maximum atomic E-state index is 12.6. The zero-order chi connectivity index (χ0) is 18.3. The molecule has 1 saturated heterocycles. The van der Waals surface area contributed by atoms with Crippen LogP contribution in [0.15, 0.2) is 42.5 Å². The molecule has 0 radical (unpaired) electrons. The van der Waals surface area contributed by atoms with Crippen molar-refractivity contribution >= 4 is 44.2 Å². The maximum absolute atomic E-state index is 12.6. The van der Waals surface area contributed by atoms with Gasteiger partial charge in [0, 0.05) is 18.7 Å². The second-order valence-electron chi connectivity index (χ2n) is 6.67. The van der Waals surface area contributed by atoms with E-state index in [1.165, 1.54) is 11.3 Å². The van der Waals surface area contributed by atoms with Crippen LogP contribution in [0.25, 0.3) is 10.2 Å². The molecule has 2 heterocycles. The number of para-hydroxylation sites is 1. The molecular formula is C20H19N3O2S. The van der Waals surface area contributed by atoms with E-state index < -0.39 is 0 Å². The smallest absolute Gasteiger partial charge is 0.231 e. The molecule has 2 amide bonds. The summed E-state index contributed by atoms with van der Waals surface area (Å²) in [6.07, 6.45) is 0.226. The standard InChI is InChI=1S/C20H19N3O2S/c1-12-7-8-15-17(9-12)26-20(21-15)22-19(25)14-10-18(24)23(11-14)16-6-4-3-5-13(16)2/h3-9,14H,10-11H2,1-2H3,(H,21,22,25)/t14-/m1/s1. The number of fused-ring (bicyclic) bond motifs is 1. The van der Waals surface area contributed by atoms with E-state index in [2.05, 4.69) is 16.4 Å². The minimum atomic E-state index is -0.365. The maximum Gasteiger partial charge on any atom is 0.231 e. The van der Waals surface area contributed by atoms with Crippen molar-refractivity contribution in [3.8, 4) is 0 Å². The van der Waals surface area contributed by atoms with Crippen LogP contribution in [-0.4, -0.2) is 23.3 Å². The molecule has 2 aromatic carbocycles. The predicted molar refractivity (Wildman–Crippen MR) is 105 cm³/mol. The molecule has 0 saturated carbocycles. The summed E-state index contributed by atoms with van der Waals surface area (Å²) in [5, 5.41) is 3.47. The Labute approximate surface area is 155 Å². The summed E-state index contributed by atoms with van der Waals surface area (Å²) in [5.74, 6) is -0.527. The monoisotopic (exact) mass is 365 g/mol. The summed E-state index contributed by atoms with van der Waals surface area (Å²) in [7, 11) is 0. The van der Waals surface area contributed by atoms with Crippen LogP contribution >= 0.6 is 11.3 Å². The van der Waals surface area contributed by atoms with Crippen LogP contribution in [0.3, 0.4) is 0 Å². The summed E-state index contributed by atoms with van der Waals surface area (Å²) in [6, 6.07) is 13.8. The lowest BCUT2D eigenvalue weighted by Gasteiger charge is -2.18. The van der Waals surface area contributed by atoms with Crippen molar-refractivity contribution in [2.24, 2.45) is 5.92 Å². The summed E-state index contributed by atoms with van der Waals surface area (Å²) in [4.78, 5) is 31.2. The Morgan fingerprint density at radius 3 is 2.85 bits per heavy atom. The first kappa shape index (κ1) is 16.7. The number of aryl methyl sites for hydroxylation is 2. The molecule has 1 N–H and O–H groups in total. The molecule has 1 atom stereocenters. The molecule has 3 aromatic rings. The van der Waals surface area contributed by atoms with E-state index in [1.807, 2.05) is 50.2 Å². The lowest BCUT2D eigenvalue weighted by atomic mass is 10.1. The molecule has 0 aliphatic carbocycles. The highest BCUT2D eigenvalue weighted by molar-refractivity contribution is 7.22. The summed E-state index contributed by atoms with van der Waals surface area (Å²) >= 11 is 1.46. The number of hydrogen-bond acceptors (Lipinski definition) is 4. The number of amides is 2. The van der Waals surface area contributed by atoms with Gasteiger partial charge in [-0.25, -0.2) is 4.98 Å². The lowest BCUT2D eigenvalue weighted by molar-refractivity contribution is -0.122. The van der Waals surface area contributed by atoms with Crippen molar-refractivity contribution in [3.05, 3.63) is 53.6 Å². The zero-order valence-electron chi connectivity index (χ0n) is 14.7. The Balaban J connectivity index is 1.50. The topological polar surface area (TPSA) is 62.3 Å². The number of nitrogens with one attached hydrogen (secondary N) is 1. The largest absolute Gasteiger partial charge is 0.311 e. The van der Waals surface area contributed by atoms with Gasteiger partial charge in [-0.2, -0.15) is 0 Å². The van der Waals surface area contributed by atoms with Crippen molar-refractivity contribution in [3.63, 3.8) is 0 Å². The third-order valence-corrected chi connectivity index (χ3v) is 5.61. The molecule has 6 heteroatoms. The van der Waals surface area contributed by atoms with Gasteiger partial charge in [0.1, 0.15) is 0 Å². The Bertz CT molecular complexity index is 1010. The third kappa shape index (κ3) is 3.08. The Morgan fingerprint density at radius 1 is 1.23 bits per heavy atom. The number of anilines is 2. The van der Waals surface area contributed by atoms with Gasteiger partial charge in [0.25, 0.3) is 0 Å². The van der Waals surface area contributed by atoms with Crippen molar-refractivity contribution in [2.45, 2.75) is 20.3 Å². The van der Waals surface area contributed by atoms with Crippen LogP contribution in [0.4, 0.5) is 10.8 Å². The van der Waals surface area contributed by atoms with E-state index in [4.69, 9.17) is 0 Å². The number of carbonyl (C=O) groups excluding carboxylic acids is 2. The van der Waals surface area contributed by atoms with Gasteiger partial charge in [0.05, 0.1) is 16.1 Å². The van der Waals surface area contributed by atoms with Crippen LogP contribution in [0.1, 0.15) is 17.5 Å². The minimum Gasteiger partial charge on any atom is -0.311 e. The van der Waals surface area contributed by atoms with Crippen LogP contribution in [0, 0.1) is 19.8 Å². The second-order valence-corrected chi connectivity index (χ2v) is 7.70. The first-order chi connectivity index (χ1) is 12.5. The SMILES string of the molecule is Cc1ccc2nc(NC(=O)[C@@H]3CC(=O)N(c4ccccc4C)C3)sc2c1. The van der Waals surface area contributed by atoms with Crippen molar-refractivity contribution < 1.29 is 9.59 Å². The molecule has 132 valence electrons. The Hall–Kier alpha value is -2.73. The number of nitrogens with zero attached hydrogens (tertiary/aromatic N) is 2. The fourth-order valence-corrected chi connectivity index (χ4v) is 4.24. The molecule has 1 fully saturated rings. The van der Waals surface area contributed by atoms with Gasteiger partial charge in [-0.1, -0.05) is 35.6 Å². The highest BCUT2D eigenvalue weighted by Gasteiger charge is 2.35. The van der Waals surface area contributed by atoms with E-state index in [-0.39, 0.29) is 24.2 Å². The van der Waals surface area contributed by atoms with Gasteiger partial charge >= 0.3 is 0 Å². The summed E-state index contributed by atoms with van der Waals surface area (Å²) in [6.45, 7) is 4.40. The van der Waals surface area contributed by atoms with Crippen LogP contribution < -0.4 is 10.2 Å². The predicted octanol–water partition coefficient (Wildman–Crippen LogP) is 3.90. The molecule has 0 bridgehead atoms. The van der Waals surface area contributed by atoms with E-state index in [9.17, 15) is 9.59 Å². The van der Waals surface area contributed by atoms with Gasteiger partial charge < -0.3 is 10.2 Å². The van der Waals surface area contributed by atoms with E-state index >= 15 is 0 Å². The Kier molecular flexibility index (Phi) is 4.20. The highest BCUT2D eigenvalue weighted by Crippen LogP contribution is 2.30. The van der Waals surface area contributed by atoms with Crippen LogP contribution in [-0.2, 0) is 9.59 Å². The highest BCUT2D eigenvalue weighted by atomic mass is 32.1. The van der Waals surface area contributed by atoms with Gasteiger partial charge in [0.2, 0.25) is 11.8 Å². The molecule has 1 aromatic heterocycles. The van der Waals surface area contributed by atoms with Crippen molar-refractivity contribution in [1.29, 1.82) is 0 Å². The number of aromatic nitrogens is 1. The molecule has 4 rings (SSSR count). The average Bonchev–Trinajstić information content (AvgIpc) is 3.18. The number of thiazole rings is 1. The Morgan fingerprint density at radius 2 is 2.04 bits per heavy atom. The van der Waals surface area contributed by atoms with Gasteiger partial charge in [0.15, 0.2) is 5.13 Å².